The van der Waals surface area contributed by atoms with Crippen LogP contribution in [0.5, 0.6) is 0 Å². The van der Waals surface area contributed by atoms with Gasteiger partial charge in [0.2, 0.25) is 5.91 Å². The normalized spacial score (nSPS) is 14.0. The van der Waals surface area contributed by atoms with Crippen LogP contribution in [-0.2, 0) is 17.8 Å². The molecule has 1 amide bonds. The summed E-state index contributed by atoms with van der Waals surface area (Å²) in [6.45, 7) is 6.08. The molecule has 0 bridgehead atoms. The van der Waals surface area contributed by atoms with Gasteiger partial charge in [0.05, 0.1) is 22.1 Å². The fourth-order valence-corrected chi connectivity index (χ4v) is 3.27. The summed E-state index contributed by atoms with van der Waals surface area (Å²) in [5.74, 6) is -0.504. The smallest absolute Gasteiger partial charge is 0.248 e. The molecule has 0 saturated carbocycles. The van der Waals surface area contributed by atoms with Crippen molar-refractivity contribution in [3.8, 4) is 0 Å². The summed E-state index contributed by atoms with van der Waals surface area (Å²) >= 11 is 6.12. The predicted octanol–water partition coefficient (Wildman–Crippen LogP) is 3.58. The fraction of sp³-hybridized carbons (Fsp3) is 0.412. The zero-order valence-electron chi connectivity index (χ0n) is 13.5. The maximum absolute atomic E-state index is 14.4. The molecule has 6 heteroatoms. The van der Waals surface area contributed by atoms with Crippen LogP contribution >= 0.6 is 11.6 Å². The number of carbonyl (C=O) groups excluding carboxylic acids is 1. The van der Waals surface area contributed by atoms with Gasteiger partial charge in [-0.1, -0.05) is 17.7 Å². The molecule has 1 aliphatic heterocycles. The van der Waals surface area contributed by atoms with Gasteiger partial charge in [0, 0.05) is 6.54 Å². The van der Waals surface area contributed by atoms with E-state index < -0.39 is 0 Å². The number of amides is 1. The van der Waals surface area contributed by atoms with Crippen molar-refractivity contribution in [2.24, 2.45) is 0 Å². The Hall–Kier alpha value is -1.88. The third-order valence-corrected chi connectivity index (χ3v) is 4.81. The van der Waals surface area contributed by atoms with Crippen LogP contribution in [0.15, 0.2) is 12.1 Å². The highest BCUT2D eigenvalue weighted by atomic mass is 35.5. The van der Waals surface area contributed by atoms with Crippen molar-refractivity contribution in [2.75, 3.05) is 11.4 Å². The third-order valence-electron chi connectivity index (χ3n) is 4.26. The minimum Gasteiger partial charge on any atom is -0.308 e. The summed E-state index contributed by atoms with van der Waals surface area (Å²) in [5, 5.41) is 4.85. The minimum atomic E-state index is -0.334. The van der Waals surface area contributed by atoms with Crippen molar-refractivity contribution >= 4 is 23.2 Å². The number of aromatic nitrogens is 2. The van der Waals surface area contributed by atoms with Crippen molar-refractivity contribution < 1.29 is 9.18 Å². The highest BCUT2D eigenvalue weighted by Crippen LogP contribution is 2.31. The SMILES string of the molecule is Cc1cc(F)c2c(c1)CCCN2C(=O)Cn1nc(C)c(Cl)c1C. The van der Waals surface area contributed by atoms with E-state index in [4.69, 9.17) is 11.6 Å². The Kier molecular flexibility index (Phi) is 4.15. The maximum Gasteiger partial charge on any atom is 0.248 e. The number of benzene rings is 1. The first-order valence-electron chi connectivity index (χ1n) is 7.67. The Bertz CT molecular complexity index is 785. The molecular weight excluding hydrogens is 317 g/mol. The lowest BCUT2D eigenvalue weighted by Gasteiger charge is -2.30. The number of carbonyl (C=O) groups is 1. The van der Waals surface area contributed by atoms with Crippen molar-refractivity contribution in [1.82, 2.24) is 9.78 Å². The maximum atomic E-state index is 14.4. The number of fused-ring (bicyclic) bond motifs is 1. The lowest BCUT2D eigenvalue weighted by molar-refractivity contribution is -0.119. The summed E-state index contributed by atoms with van der Waals surface area (Å²) in [6, 6.07) is 3.43. The van der Waals surface area contributed by atoms with Crippen LogP contribution in [0.25, 0.3) is 0 Å². The molecule has 122 valence electrons. The largest absolute Gasteiger partial charge is 0.308 e. The van der Waals surface area contributed by atoms with Gasteiger partial charge in [-0.15, -0.1) is 0 Å². The van der Waals surface area contributed by atoms with E-state index in [1.807, 2.05) is 19.9 Å². The number of anilines is 1. The number of nitrogens with zero attached hydrogens (tertiary/aromatic N) is 3. The number of hydrogen-bond acceptors (Lipinski definition) is 2. The molecular formula is C17H19ClFN3O. The van der Waals surface area contributed by atoms with Crippen molar-refractivity contribution in [3.63, 3.8) is 0 Å². The lowest BCUT2D eigenvalue weighted by atomic mass is 9.99. The van der Waals surface area contributed by atoms with Crippen LogP contribution in [0.3, 0.4) is 0 Å². The molecule has 0 unspecified atom stereocenters. The van der Waals surface area contributed by atoms with Gasteiger partial charge in [-0.3, -0.25) is 9.48 Å². The van der Waals surface area contributed by atoms with E-state index in [2.05, 4.69) is 5.10 Å². The zero-order valence-corrected chi connectivity index (χ0v) is 14.2. The molecule has 0 atom stereocenters. The van der Waals surface area contributed by atoms with E-state index in [-0.39, 0.29) is 18.3 Å². The third kappa shape index (κ3) is 2.85. The second kappa shape index (κ2) is 5.96. The average molecular weight is 336 g/mol. The monoisotopic (exact) mass is 335 g/mol. The molecule has 0 N–H and O–H groups in total. The van der Waals surface area contributed by atoms with E-state index in [1.165, 1.54) is 11.0 Å². The van der Waals surface area contributed by atoms with Crippen LogP contribution in [0.1, 0.15) is 28.9 Å². The molecule has 1 aliphatic rings. The van der Waals surface area contributed by atoms with Crippen LogP contribution < -0.4 is 4.90 Å². The van der Waals surface area contributed by atoms with Crippen molar-refractivity contribution in [2.45, 2.75) is 40.2 Å². The number of rotatable bonds is 2. The summed E-state index contributed by atoms with van der Waals surface area (Å²) in [7, 11) is 0. The van der Waals surface area contributed by atoms with E-state index in [0.29, 0.717) is 22.9 Å². The van der Waals surface area contributed by atoms with Crippen molar-refractivity contribution in [3.05, 3.63) is 45.5 Å². The summed E-state index contributed by atoms with van der Waals surface area (Å²) in [5.41, 5.74) is 3.63. The van der Waals surface area contributed by atoms with E-state index in [9.17, 15) is 9.18 Å². The quantitative estimate of drug-likeness (QED) is 0.841. The van der Waals surface area contributed by atoms with Gasteiger partial charge >= 0.3 is 0 Å². The summed E-state index contributed by atoms with van der Waals surface area (Å²) in [6.07, 6.45) is 1.63. The second-order valence-corrected chi connectivity index (χ2v) is 6.42. The number of hydrogen-bond donors (Lipinski definition) is 0. The molecule has 0 fully saturated rings. The lowest BCUT2D eigenvalue weighted by Crippen LogP contribution is -2.38. The van der Waals surface area contributed by atoms with E-state index in [1.54, 1.807) is 11.6 Å². The Morgan fingerprint density at radius 2 is 2.09 bits per heavy atom. The highest BCUT2D eigenvalue weighted by molar-refractivity contribution is 6.31. The molecule has 0 aliphatic carbocycles. The van der Waals surface area contributed by atoms with Gasteiger partial charge in [0.25, 0.3) is 0 Å². The standard InChI is InChI=1S/C17H19ClFN3O/c1-10-7-13-5-4-6-21(17(13)14(19)8-10)15(23)9-22-12(3)16(18)11(2)20-22/h7-8H,4-6,9H2,1-3H3. The van der Waals surface area contributed by atoms with Gasteiger partial charge < -0.3 is 4.90 Å². The zero-order chi connectivity index (χ0) is 16.7. The molecule has 0 radical (unpaired) electrons. The molecule has 2 aromatic rings. The number of aryl methyl sites for hydroxylation is 3. The van der Waals surface area contributed by atoms with Crippen LogP contribution in [-0.4, -0.2) is 22.2 Å². The average Bonchev–Trinajstić information content (AvgIpc) is 2.73. The molecule has 1 aromatic carbocycles. The predicted molar refractivity (Wildman–Crippen MR) is 88.5 cm³/mol. The molecule has 0 spiro atoms. The van der Waals surface area contributed by atoms with Gasteiger partial charge in [0.15, 0.2) is 0 Å². The number of halogens is 2. The Morgan fingerprint density at radius 1 is 1.35 bits per heavy atom. The van der Waals surface area contributed by atoms with E-state index >= 15 is 0 Å². The topological polar surface area (TPSA) is 38.1 Å². The van der Waals surface area contributed by atoms with Gasteiger partial charge in [-0.25, -0.2) is 4.39 Å². The fourth-order valence-electron chi connectivity index (χ4n) is 3.13. The Morgan fingerprint density at radius 3 is 2.74 bits per heavy atom. The summed E-state index contributed by atoms with van der Waals surface area (Å²) in [4.78, 5) is 14.2. The molecule has 3 rings (SSSR count). The molecule has 2 heterocycles. The van der Waals surface area contributed by atoms with Crippen LogP contribution in [0, 0.1) is 26.6 Å². The van der Waals surface area contributed by atoms with Crippen molar-refractivity contribution in [1.29, 1.82) is 0 Å². The van der Waals surface area contributed by atoms with Crippen LogP contribution in [0.2, 0.25) is 5.02 Å². The first-order chi connectivity index (χ1) is 10.9. The highest BCUT2D eigenvalue weighted by Gasteiger charge is 2.27. The molecule has 4 nitrogen and oxygen atoms in total. The van der Waals surface area contributed by atoms with Crippen LogP contribution in [0.4, 0.5) is 10.1 Å². The molecule has 23 heavy (non-hydrogen) atoms. The first kappa shape index (κ1) is 16.0. The van der Waals surface area contributed by atoms with E-state index in [0.717, 1.165) is 29.7 Å². The molecule has 1 aromatic heterocycles. The van der Waals surface area contributed by atoms with Gasteiger partial charge in [-0.05, 0) is 50.8 Å². The Labute approximate surface area is 139 Å². The summed E-state index contributed by atoms with van der Waals surface area (Å²) < 4.78 is 16.0. The molecule has 0 saturated heterocycles. The van der Waals surface area contributed by atoms with Gasteiger partial charge in [-0.2, -0.15) is 5.10 Å². The Balaban J connectivity index is 1.91. The minimum absolute atomic E-state index is 0.0617. The second-order valence-electron chi connectivity index (χ2n) is 6.05. The first-order valence-corrected chi connectivity index (χ1v) is 8.05. The van der Waals surface area contributed by atoms with Gasteiger partial charge in [0.1, 0.15) is 12.4 Å².